The molecule has 0 N–H and O–H groups in total. The van der Waals surface area contributed by atoms with Gasteiger partial charge in [-0.05, 0) is 10.4 Å². The van der Waals surface area contributed by atoms with Gasteiger partial charge in [-0.2, -0.15) is 0 Å². The second kappa shape index (κ2) is 6.53. The third kappa shape index (κ3) is 3.40. The van der Waals surface area contributed by atoms with E-state index in [4.69, 9.17) is 0 Å². The summed E-state index contributed by atoms with van der Waals surface area (Å²) in [5.74, 6) is 0.131. The summed E-state index contributed by atoms with van der Waals surface area (Å²) in [4.78, 5) is 13.3. The van der Waals surface area contributed by atoms with Crippen LogP contribution in [0.4, 0.5) is 0 Å². The van der Waals surface area contributed by atoms with E-state index in [1.54, 1.807) is 0 Å². The zero-order valence-corrected chi connectivity index (χ0v) is 18.5. The molecule has 0 unspecified atom stereocenters. The lowest BCUT2D eigenvalue weighted by atomic mass is 10.1. The summed E-state index contributed by atoms with van der Waals surface area (Å²) in [5, 5.41) is 2.39. The van der Waals surface area contributed by atoms with Gasteiger partial charge in [-0.25, -0.2) is 0 Å². The molecule has 0 spiro atoms. The highest BCUT2D eigenvalue weighted by atomic mass is 28.3. The number of benzene rings is 1. The highest BCUT2D eigenvalue weighted by molar-refractivity contribution is 6.90. The summed E-state index contributed by atoms with van der Waals surface area (Å²) in [6.07, 6.45) is 0. The van der Waals surface area contributed by atoms with Crippen LogP contribution in [0.3, 0.4) is 0 Å². The van der Waals surface area contributed by atoms with Gasteiger partial charge in [0.2, 0.25) is 0 Å². The van der Waals surface area contributed by atoms with Gasteiger partial charge >= 0.3 is 0 Å². The molecule has 0 heterocycles. The molecule has 0 amide bonds. The predicted octanol–water partition coefficient (Wildman–Crippen LogP) is 4.71. The van der Waals surface area contributed by atoms with E-state index >= 15 is 0 Å². The SMILES string of the molecule is C[Si](C)(C)c1c#cc2c(c([Si](C)(C)C)cccc1)C(=O)c1ccccc1-2. The summed E-state index contributed by atoms with van der Waals surface area (Å²) in [5.41, 5.74) is 3.53. The number of hydrogen-bond donors (Lipinski definition) is 0. The fourth-order valence-electron chi connectivity index (χ4n) is 3.29. The Balaban J connectivity index is 2.45. The van der Waals surface area contributed by atoms with E-state index in [9.17, 15) is 4.79 Å². The molecule has 1 aliphatic rings. The second-order valence-electron chi connectivity index (χ2n) is 8.92. The van der Waals surface area contributed by atoms with Gasteiger partial charge in [0.1, 0.15) is 0 Å². The lowest BCUT2D eigenvalue weighted by Gasteiger charge is -2.18. The maximum Gasteiger partial charge on any atom is 0.194 e. The van der Waals surface area contributed by atoms with Gasteiger partial charge in [0.05, 0.1) is 16.1 Å². The van der Waals surface area contributed by atoms with Crippen LogP contribution in [0.2, 0.25) is 39.3 Å². The molecule has 0 bridgehead atoms. The average molecular weight is 375 g/mol. The Labute approximate surface area is 159 Å². The first-order valence-corrected chi connectivity index (χ1v) is 16.1. The van der Waals surface area contributed by atoms with Crippen LogP contribution in [0.5, 0.6) is 0 Å². The van der Waals surface area contributed by atoms with Crippen molar-refractivity contribution in [3.8, 4) is 11.1 Å². The van der Waals surface area contributed by atoms with Crippen molar-refractivity contribution in [3.05, 3.63) is 71.8 Å². The van der Waals surface area contributed by atoms with E-state index in [0.29, 0.717) is 0 Å². The quantitative estimate of drug-likeness (QED) is 0.594. The minimum atomic E-state index is -1.72. The van der Waals surface area contributed by atoms with E-state index in [-0.39, 0.29) is 5.78 Å². The molecular formula is C23H26OSi2. The van der Waals surface area contributed by atoms with Gasteiger partial charge in [-0.1, -0.05) is 99.9 Å². The van der Waals surface area contributed by atoms with Gasteiger partial charge < -0.3 is 0 Å². The van der Waals surface area contributed by atoms with E-state index < -0.39 is 16.1 Å². The highest BCUT2D eigenvalue weighted by Crippen LogP contribution is 2.34. The minimum Gasteiger partial charge on any atom is -0.289 e. The second-order valence-corrected chi connectivity index (χ2v) is 19.0. The van der Waals surface area contributed by atoms with Gasteiger partial charge in [0, 0.05) is 22.3 Å². The Morgan fingerprint density at radius 2 is 1.27 bits per heavy atom. The largest absolute Gasteiger partial charge is 0.289 e. The van der Waals surface area contributed by atoms with Gasteiger partial charge in [-0.3, -0.25) is 4.79 Å². The number of ketones is 1. The fraction of sp³-hybridized carbons (Fsp3) is 0.261. The van der Waals surface area contributed by atoms with Crippen molar-refractivity contribution < 1.29 is 4.79 Å². The Morgan fingerprint density at radius 1 is 0.692 bits per heavy atom. The smallest absolute Gasteiger partial charge is 0.194 e. The van der Waals surface area contributed by atoms with Crippen LogP contribution < -0.4 is 10.4 Å². The van der Waals surface area contributed by atoms with Crippen LogP contribution in [-0.4, -0.2) is 21.9 Å². The first kappa shape index (κ1) is 18.6. The van der Waals surface area contributed by atoms with Crippen LogP contribution in [-0.2, 0) is 0 Å². The summed E-state index contributed by atoms with van der Waals surface area (Å²) < 4.78 is 0. The number of fused-ring (bicyclic) bond motifs is 3. The monoisotopic (exact) mass is 374 g/mol. The lowest BCUT2D eigenvalue weighted by molar-refractivity contribution is 0.104. The van der Waals surface area contributed by atoms with Crippen LogP contribution in [0, 0.1) is 12.1 Å². The van der Waals surface area contributed by atoms with Gasteiger partial charge in [0.25, 0.3) is 0 Å². The third-order valence-corrected chi connectivity index (χ3v) is 8.70. The fourth-order valence-corrected chi connectivity index (χ4v) is 5.91. The van der Waals surface area contributed by atoms with Crippen molar-refractivity contribution in [1.29, 1.82) is 0 Å². The Kier molecular flexibility index (Phi) is 4.68. The molecule has 0 aliphatic heterocycles. The topological polar surface area (TPSA) is 17.1 Å². The molecule has 0 saturated carbocycles. The first-order chi connectivity index (χ1) is 12.1. The molecule has 1 aliphatic carbocycles. The number of rotatable bonds is 2. The summed E-state index contributed by atoms with van der Waals surface area (Å²) in [6, 6.07) is 23.2. The van der Waals surface area contributed by atoms with Gasteiger partial charge in [0.15, 0.2) is 5.78 Å². The molecule has 0 saturated heterocycles. The zero-order valence-electron chi connectivity index (χ0n) is 16.5. The number of hydrogen-bond acceptors (Lipinski definition) is 1. The molecule has 0 aromatic heterocycles. The molecule has 132 valence electrons. The van der Waals surface area contributed by atoms with Crippen molar-refractivity contribution in [2.24, 2.45) is 0 Å². The maximum absolute atomic E-state index is 13.3. The van der Waals surface area contributed by atoms with E-state index in [1.165, 1.54) is 10.4 Å². The van der Waals surface area contributed by atoms with E-state index in [0.717, 1.165) is 22.3 Å². The summed E-state index contributed by atoms with van der Waals surface area (Å²) >= 11 is 0. The molecule has 2 aromatic rings. The molecule has 3 rings (SSSR count). The lowest BCUT2D eigenvalue weighted by Crippen LogP contribution is -2.40. The van der Waals surface area contributed by atoms with E-state index in [1.807, 2.05) is 24.3 Å². The minimum absolute atomic E-state index is 0.131. The summed E-state index contributed by atoms with van der Waals surface area (Å²) in [7, 11) is -3.26. The standard InChI is InChI=1S/C23H26OSi2/c1-25(2,3)17-11-7-10-14-21(26(4,5)6)22-19(16-15-17)18-12-8-9-13-20(18)23(22)24/h7-14H,1-6H3. The van der Waals surface area contributed by atoms with Crippen molar-refractivity contribution >= 4 is 32.3 Å². The molecule has 26 heavy (non-hydrogen) atoms. The maximum atomic E-state index is 13.3. The van der Waals surface area contributed by atoms with Crippen LogP contribution in [0.25, 0.3) is 11.1 Å². The molecular weight excluding hydrogens is 348 g/mol. The molecule has 3 heteroatoms. The number of carbonyl (C=O) groups excluding carboxylic acids is 1. The van der Waals surface area contributed by atoms with Crippen LogP contribution in [0.15, 0.2) is 48.5 Å². The Hall–Kier alpha value is -2.16. The van der Waals surface area contributed by atoms with Crippen LogP contribution >= 0.6 is 0 Å². The van der Waals surface area contributed by atoms with Crippen molar-refractivity contribution in [3.63, 3.8) is 0 Å². The first-order valence-electron chi connectivity index (χ1n) is 9.11. The van der Waals surface area contributed by atoms with E-state index in [2.05, 4.69) is 75.7 Å². The Morgan fingerprint density at radius 3 is 1.88 bits per heavy atom. The number of carbonyl (C=O) groups is 1. The molecule has 1 nitrogen and oxygen atoms in total. The zero-order chi connectivity index (χ0) is 19.1. The normalized spacial score (nSPS) is 12.8. The van der Waals surface area contributed by atoms with Crippen molar-refractivity contribution in [2.45, 2.75) is 39.3 Å². The highest BCUT2D eigenvalue weighted by Gasteiger charge is 2.32. The molecule has 0 fully saturated rings. The molecule has 2 aromatic carbocycles. The van der Waals surface area contributed by atoms with Gasteiger partial charge in [-0.15, -0.1) is 0 Å². The Bertz CT molecular complexity index is 930. The van der Waals surface area contributed by atoms with Crippen molar-refractivity contribution in [1.82, 2.24) is 0 Å². The third-order valence-electron chi connectivity index (χ3n) is 4.76. The average Bonchev–Trinajstić information content (AvgIpc) is 2.82. The summed E-state index contributed by atoms with van der Waals surface area (Å²) in [6.45, 7) is 13.8. The van der Waals surface area contributed by atoms with Crippen molar-refractivity contribution in [2.75, 3.05) is 0 Å². The van der Waals surface area contributed by atoms with Crippen LogP contribution in [0.1, 0.15) is 15.9 Å². The molecule has 0 atom stereocenters. The predicted molar refractivity (Wildman–Crippen MR) is 117 cm³/mol. The molecule has 0 radical (unpaired) electrons.